The Hall–Kier alpha value is -2.02. The molecule has 5 heteroatoms. The lowest BCUT2D eigenvalue weighted by Gasteiger charge is -2.01. The van der Waals surface area contributed by atoms with Gasteiger partial charge in [-0.05, 0) is 30.3 Å². The highest BCUT2D eigenvalue weighted by molar-refractivity contribution is 6.38. The average Bonchev–Trinajstić information content (AvgIpc) is 2.80. The first kappa shape index (κ1) is 12.0. The van der Waals surface area contributed by atoms with Gasteiger partial charge in [0.2, 0.25) is 5.89 Å². The van der Waals surface area contributed by atoms with E-state index < -0.39 is 0 Å². The van der Waals surface area contributed by atoms with Crippen molar-refractivity contribution < 1.29 is 4.42 Å². The van der Waals surface area contributed by atoms with Crippen LogP contribution in [0.2, 0.25) is 10.0 Å². The van der Waals surface area contributed by atoms with Gasteiger partial charge in [-0.1, -0.05) is 29.3 Å². The van der Waals surface area contributed by atoms with Gasteiger partial charge in [0.05, 0.1) is 27.2 Å². The molecule has 0 atom stereocenters. The van der Waals surface area contributed by atoms with Crippen LogP contribution in [0.1, 0.15) is 5.56 Å². The molecule has 3 aromatic rings. The molecule has 1 heterocycles. The van der Waals surface area contributed by atoms with Crippen LogP contribution in [0.25, 0.3) is 22.6 Å². The second-order valence-corrected chi connectivity index (χ2v) is 4.72. The molecule has 19 heavy (non-hydrogen) atoms. The molecular weight excluding hydrogens is 283 g/mol. The number of aromatic nitrogens is 1. The van der Waals surface area contributed by atoms with Gasteiger partial charge in [0.1, 0.15) is 5.52 Å². The van der Waals surface area contributed by atoms with E-state index in [1.165, 1.54) is 0 Å². The summed E-state index contributed by atoms with van der Waals surface area (Å²) in [7, 11) is 0. The van der Waals surface area contributed by atoms with E-state index in [4.69, 9.17) is 32.9 Å². The van der Waals surface area contributed by atoms with E-state index >= 15 is 0 Å². The Bertz CT molecular complexity index is 798. The Balaban J connectivity index is 2.24. The predicted molar refractivity (Wildman–Crippen MR) is 74.2 cm³/mol. The summed E-state index contributed by atoms with van der Waals surface area (Å²) < 4.78 is 5.63. The number of nitrogens with zero attached hydrogens (tertiary/aromatic N) is 2. The van der Waals surface area contributed by atoms with Crippen molar-refractivity contribution in [3.63, 3.8) is 0 Å². The van der Waals surface area contributed by atoms with E-state index in [2.05, 4.69) is 11.1 Å². The minimum atomic E-state index is 0.348. The van der Waals surface area contributed by atoms with Crippen molar-refractivity contribution in [2.75, 3.05) is 0 Å². The fourth-order valence-electron chi connectivity index (χ4n) is 1.81. The molecule has 0 bridgehead atoms. The largest absolute Gasteiger partial charge is 0.436 e. The smallest absolute Gasteiger partial charge is 0.230 e. The Morgan fingerprint density at radius 1 is 1.11 bits per heavy atom. The lowest BCUT2D eigenvalue weighted by Crippen LogP contribution is -1.81. The number of rotatable bonds is 1. The Labute approximate surface area is 119 Å². The maximum absolute atomic E-state index is 8.86. The number of benzene rings is 2. The van der Waals surface area contributed by atoms with Gasteiger partial charge < -0.3 is 4.42 Å². The van der Waals surface area contributed by atoms with Gasteiger partial charge in [0.25, 0.3) is 0 Å². The summed E-state index contributed by atoms with van der Waals surface area (Å²) >= 11 is 12.2. The van der Waals surface area contributed by atoms with E-state index in [0.717, 1.165) is 0 Å². The lowest BCUT2D eigenvalue weighted by atomic mass is 10.2. The second kappa shape index (κ2) is 4.58. The normalized spacial score (nSPS) is 10.6. The van der Waals surface area contributed by atoms with Crippen LogP contribution in [0.5, 0.6) is 0 Å². The highest BCUT2D eigenvalue weighted by Crippen LogP contribution is 2.35. The highest BCUT2D eigenvalue weighted by Gasteiger charge is 2.15. The highest BCUT2D eigenvalue weighted by atomic mass is 35.5. The third kappa shape index (κ3) is 2.06. The average molecular weight is 289 g/mol. The maximum Gasteiger partial charge on any atom is 0.230 e. The standard InChI is InChI=1S/C14H6Cl2N2O/c15-9-2-1-3-10(16)13(9)14-18-11-6-8(7-17)4-5-12(11)19-14/h1-6H. The number of fused-ring (bicyclic) bond motifs is 1. The minimum Gasteiger partial charge on any atom is -0.436 e. The van der Waals surface area contributed by atoms with Crippen molar-refractivity contribution in [3.05, 3.63) is 52.0 Å². The van der Waals surface area contributed by atoms with E-state index in [1.807, 2.05) is 0 Å². The number of hydrogen-bond acceptors (Lipinski definition) is 3. The first-order chi connectivity index (χ1) is 9.19. The Morgan fingerprint density at radius 2 is 1.84 bits per heavy atom. The van der Waals surface area contributed by atoms with Gasteiger partial charge in [-0.25, -0.2) is 4.98 Å². The first-order valence-electron chi connectivity index (χ1n) is 5.44. The molecule has 3 rings (SSSR count). The molecule has 0 amide bonds. The van der Waals surface area contributed by atoms with Gasteiger partial charge in [-0.2, -0.15) is 5.26 Å². The van der Waals surface area contributed by atoms with Crippen LogP contribution in [-0.2, 0) is 0 Å². The number of halogens is 2. The first-order valence-corrected chi connectivity index (χ1v) is 6.20. The van der Waals surface area contributed by atoms with Gasteiger partial charge in [0, 0.05) is 0 Å². The lowest BCUT2D eigenvalue weighted by molar-refractivity contribution is 0.620. The zero-order valence-electron chi connectivity index (χ0n) is 9.52. The summed E-state index contributed by atoms with van der Waals surface area (Å²) in [6.07, 6.45) is 0. The van der Waals surface area contributed by atoms with Crippen LogP contribution in [0.3, 0.4) is 0 Å². The zero-order chi connectivity index (χ0) is 13.4. The van der Waals surface area contributed by atoms with Crippen molar-refractivity contribution in [1.29, 1.82) is 5.26 Å². The third-order valence-electron chi connectivity index (χ3n) is 2.69. The van der Waals surface area contributed by atoms with E-state index in [-0.39, 0.29) is 0 Å². The molecule has 0 spiro atoms. The molecule has 1 aromatic heterocycles. The molecule has 0 aliphatic carbocycles. The van der Waals surface area contributed by atoms with Gasteiger partial charge in [0.15, 0.2) is 5.58 Å². The third-order valence-corrected chi connectivity index (χ3v) is 3.32. The van der Waals surface area contributed by atoms with Crippen LogP contribution in [0.4, 0.5) is 0 Å². The van der Waals surface area contributed by atoms with Gasteiger partial charge in [-0.3, -0.25) is 0 Å². The van der Waals surface area contributed by atoms with Crippen LogP contribution >= 0.6 is 23.2 Å². The molecule has 0 aliphatic heterocycles. The molecule has 0 saturated carbocycles. The minimum absolute atomic E-state index is 0.348. The summed E-state index contributed by atoms with van der Waals surface area (Å²) in [6.45, 7) is 0. The fraction of sp³-hybridized carbons (Fsp3) is 0. The molecule has 92 valence electrons. The Morgan fingerprint density at radius 3 is 2.53 bits per heavy atom. The SMILES string of the molecule is N#Cc1ccc2oc(-c3c(Cl)cccc3Cl)nc2c1. The number of nitriles is 1. The molecule has 0 unspecified atom stereocenters. The molecule has 0 radical (unpaired) electrons. The molecule has 2 aromatic carbocycles. The van der Waals surface area contributed by atoms with Crippen molar-refractivity contribution in [1.82, 2.24) is 4.98 Å². The van der Waals surface area contributed by atoms with E-state index in [1.54, 1.807) is 36.4 Å². The quantitative estimate of drug-likeness (QED) is 0.654. The van der Waals surface area contributed by atoms with Crippen molar-refractivity contribution in [3.8, 4) is 17.5 Å². The summed E-state index contributed by atoms with van der Waals surface area (Å²) in [5.74, 6) is 0.348. The molecule has 0 saturated heterocycles. The Kier molecular flexibility index (Phi) is 2.90. The van der Waals surface area contributed by atoms with Gasteiger partial charge in [-0.15, -0.1) is 0 Å². The maximum atomic E-state index is 8.86. The molecular formula is C14H6Cl2N2O. The van der Waals surface area contributed by atoms with Crippen LogP contribution in [0, 0.1) is 11.3 Å². The monoisotopic (exact) mass is 288 g/mol. The fourth-order valence-corrected chi connectivity index (χ4v) is 2.37. The molecule has 3 nitrogen and oxygen atoms in total. The molecule has 0 fully saturated rings. The summed E-state index contributed by atoms with van der Waals surface area (Å²) in [6, 6.07) is 12.3. The van der Waals surface area contributed by atoms with Crippen LogP contribution in [0.15, 0.2) is 40.8 Å². The molecule has 0 aliphatic rings. The van der Waals surface area contributed by atoms with Crippen LogP contribution in [-0.4, -0.2) is 4.98 Å². The van der Waals surface area contributed by atoms with Crippen molar-refractivity contribution in [2.45, 2.75) is 0 Å². The summed E-state index contributed by atoms with van der Waals surface area (Å²) in [4.78, 5) is 4.33. The second-order valence-electron chi connectivity index (χ2n) is 3.91. The zero-order valence-corrected chi connectivity index (χ0v) is 11.0. The molecule has 0 N–H and O–H groups in total. The summed E-state index contributed by atoms with van der Waals surface area (Å²) in [5.41, 5.74) is 2.27. The number of hydrogen-bond donors (Lipinski definition) is 0. The van der Waals surface area contributed by atoms with Crippen molar-refractivity contribution >= 4 is 34.3 Å². The van der Waals surface area contributed by atoms with E-state index in [0.29, 0.717) is 38.2 Å². The van der Waals surface area contributed by atoms with Crippen LogP contribution < -0.4 is 0 Å². The van der Waals surface area contributed by atoms with Gasteiger partial charge >= 0.3 is 0 Å². The van der Waals surface area contributed by atoms with Crippen molar-refractivity contribution in [2.24, 2.45) is 0 Å². The predicted octanol–water partition coefficient (Wildman–Crippen LogP) is 4.67. The summed E-state index contributed by atoms with van der Waals surface area (Å²) in [5, 5.41) is 9.80. The topological polar surface area (TPSA) is 49.8 Å². The number of oxazole rings is 1. The van der Waals surface area contributed by atoms with E-state index in [9.17, 15) is 0 Å².